The van der Waals surface area contributed by atoms with Gasteiger partial charge in [-0.05, 0) is 42.7 Å². The predicted octanol–water partition coefficient (Wildman–Crippen LogP) is 7.05. The predicted molar refractivity (Wildman–Crippen MR) is 108 cm³/mol. The number of halogens is 1. The van der Waals surface area contributed by atoms with Gasteiger partial charge in [0.15, 0.2) is 0 Å². The Morgan fingerprint density at radius 3 is 2.50 bits per heavy atom. The smallest absolute Gasteiger partial charge is 0.0460 e. The molecule has 24 heavy (non-hydrogen) atoms. The summed E-state index contributed by atoms with van der Waals surface area (Å²) < 4.78 is 0. The molecule has 3 aromatic rings. The molecule has 124 valence electrons. The van der Waals surface area contributed by atoms with E-state index in [1.165, 1.54) is 27.6 Å². The number of hydrogen-bond donors (Lipinski definition) is 1. The molecule has 1 nitrogen and oxygen atoms in total. The van der Waals surface area contributed by atoms with Gasteiger partial charge < -0.3 is 4.98 Å². The number of rotatable bonds is 4. The molecule has 2 aromatic carbocycles. The summed E-state index contributed by atoms with van der Waals surface area (Å²) in [5, 5.41) is 2.03. The van der Waals surface area contributed by atoms with Gasteiger partial charge in [0, 0.05) is 22.1 Å². The molecule has 3 rings (SSSR count). The Balaban J connectivity index is 0.00000100. The summed E-state index contributed by atoms with van der Waals surface area (Å²) in [7, 11) is 0. The zero-order chi connectivity index (χ0) is 17.4. The third-order valence-corrected chi connectivity index (χ3v) is 3.93. The fourth-order valence-corrected chi connectivity index (χ4v) is 2.66. The van der Waals surface area contributed by atoms with E-state index in [1.54, 1.807) is 0 Å². The highest BCUT2D eigenvalue weighted by atomic mass is 35.5. The second-order valence-corrected chi connectivity index (χ2v) is 5.90. The van der Waals surface area contributed by atoms with Crippen LogP contribution in [0.2, 0.25) is 5.02 Å². The highest BCUT2D eigenvalue weighted by molar-refractivity contribution is 6.30. The molecular formula is C22H24ClN. The van der Waals surface area contributed by atoms with Crippen molar-refractivity contribution in [2.24, 2.45) is 0 Å². The van der Waals surface area contributed by atoms with Gasteiger partial charge in [-0.25, -0.2) is 0 Å². The number of hydrogen-bond acceptors (Lipinski definition) is 0. The van der Waals surface area contributed by atoms with Crippen molar-refractivity contribution in [1.29, 1.82) is 0 Å². The van der Waals surface area contributed by atoms with Gasteiger partial charge in [-0.2, -0.15) is 0 Å². The number of allylic oxidation sites excluding steroid dienone is 3. The molecule has 0 spiro atoms. The molecule has 0 saturated heterocycles. The van der Waals surface area contributed by atoms with Gasteiger partial charge in [-0.1, -0.05) is 79.6 Å². The van der Waals surface area contributed by atoms with Crippen molar-refractivity contribution in [3.8, 4) is 0 Å². The van der Waals surface area contributed by atoms with Gasteiger partial charge in [-0.15, -0.1) is 0 Å². The zero-order valence-corrected chi connectivity index (χ0v) is 15.3. The van der Waals surface area contributed by atoms with E-state index in [4.69, 9.17) is 11.6 Å². The van der Waals surface area contributed by atoms with Crippen LogP contribution in [0.1, 0.15) is 31.9 Å². The molecule has 0 atom stereocenters. The SMILES string of the molecule is C/C(=C\C=C/c1c[nH]c2ccccc12)Cc1ccc(Cl)cc1.CC. The third kappa shape index (κ3) is 4.87. The van der Waals surface area contributed by atoms with Gasteiger partial charge in [0.25, 0.3) is 0 Å². The Morgan fingerprint density at radius 2 is 1.75 bits per heavy atom. The third-order valence-electron chi connectivity index (χ3n) is 3.67. The number of benzene rings is 2. The minimum Gasteiger partial charge on any atom is -0.361 e. The van der Waals surface area contributed by atoms with Crippen molar-refractivity contribution >= 4 is 28.6 Å². The molecule has 0 aliphatic heterocycles. The lowest BCUT2D eigenvalue weighted by molar-refractivity contribution is 1.14. The molecular weight excluding hydrogens is 314 g/mol. The Morgan fingerprint density at radius 1 is 1.04 bits per heavy atom. The Hall–Kier alpha value is -2.25. The number of H-pyrrole nitrogens is 1. The molecule has 2 heteroatoms. The number of aromatic amines is 1. The van der Waals surface area contributed by atoms with Crippen molar-refractivity contribution in [3.63, 3.8) is 0 Å². The van der Waals surface area contributed by atoms with Gasteiger partial charge in [0.2, 0.25) is 0 Å². The van der Waals surface area contributed by atoms with Crippen LogP contribution in [-0.2, 0) is 6.42 Å². The topological polar surface area (TPSA) is 15.8 Å². The van der Waals surface area contributed by atoms with Gasteiger partial charge in [-0.3, -0.25) is 0 Å². The van der Waals surface area contributed by atoms with E-state index in [0.717, 1.165) is 11.4 Å². The fraction of sp³-hybridized carbons (Fsp3) is 0.182. The minimum absolute atomic E-state index is 0.782. The molecule has 0 unspecified atom stereocenters. The standard InChI is InChI=1S/C20H18ClN.C2H6/c1-15(13-16-9-11-18(21)12-10-16)5-4-6-17-14-22-20-8-3-2-7-19(17)20;1-2/h2-12,14,22H,13H2,1H3;1-2H3/b6-4-,15-5+;. The lowest BCUT2D eigenvalue weighted by atomic mass is 10.1. The molecule has 1 aromatic heterocycles. The van der Waals surface area contributed by atoms with Crippen LogP contribution in [0.4, 0.5) is 0 Å². The highest BCUT2D eigenvalue weighted by Crippen LogP contribution is 2.19. The molecule has 1 N–H and O–H groups in total. The molecule has 0 radical (unpaired) electrons. The van der Waals surface area contributed by atoms with E-state index in [-0.39, 0.29) is 0 Å². The van der Waals surface area contributed by atoms with Gasteiger partial charge in [0.1, 0.15) is 0 Å². The lowest BCUT2D eigenvalue weighted by Crippen LogP contribution is -1.85. The van der Waals surface area contributed by atoms with E-state index in [0.29, 0.717) is 0 Å². The highest BCUT2D eigenvalue weighted by Gasteiger charge is 1.98. The van der Waals surface area contributed by atoms with E-state index in [1.807, 2.05) is 38.2 Å². The summed E-state index contributed by atoms with van der Waals surface area (Å²) >= 11 is 5.91. The normalized spacial score (nSPS) is 11.6. The molecule has 0 bridgehead atoms. The monoisotopic (exact) mass is 337 g/mol. The maximum Gasteiger partial charge on any atom is 0.0460 e. The van der Waals surface area contributed by atoms with E-state index in [9.17, 15) is 0 Å². The quantitative estimate of drug-likeness (QED) is 0.491. The van der Waals surface area contributed by atoms with E-state index < -0.39 is 0 Å². The minimum atomic E-state index is 0.782. The van der Waals surface area contributed by atoms with Crippen LogP contribution in [0.15, 0.2) is 72.5 Å². The van der Waals surface area contributed by atoms with Crippen LogP contribution >= 0.6 is 11.6 Å². The number of aromatic nitrogens is 1. The summed E-state index contributed by atoms with van der Waals surface area (Å²) in [5.74, 6) is 0. The number of nitrogens with one attached hydrogen (secondary N) is 1. The largest absolute Gasteiger partial charge is 0.361 e. The zero-order valence-electron chi connectivity index (χ0n) is 14.5. The summed E-state index contributed by atoms with van der Waals surface area (Å²) in [6, 6.07) is 16.4. The molecule has 0 amide bonds. The first kappa shape index (κ1) is 18.1. The molecule has 0 aliphatic rings. The van der Waals surface area contributed by atoms with E-state index >= 15 is 0 Å². The Bertz CT molecular complexity index is 823. The Labute approximate surface area is 149 Å². The van der Waals surface area contributed by atoms with Crippen LogP contribution in [0.5, 0.6) is 0 Å². The maximum absolute atomic E-state index is 5.91. The van der Waals surface area contributed by atoms with Crippen molar-refractivity contribution in [2.75, 3.05) is 0 Å². The number of fused-ring (bicyclic) bond motifs is 1. The van der Waals surface area contributed by atoms with Gasteiger partial charge in [0.05, 0.1) is 0 Å². The summed E-state index contributed by atoms with van der Waals surface area (Å²) in [4.78, 5) is 3.29. The summed E-state index contributed by atoms with van der Waals surface area (Å²) in [6.07, 6.45) is 9.40. The van der Waals surface area contributed by atoms with E-state index in [2.05, 4.69) is 60.5 Å². The van der Waals surface area contributed by atoms with Crippen LogP contribution in [0.25, 0.3) is 17.0 Å². The fourth-order valence-electron chi connectivity index (χ4n) is 2.53. The molecule has 0 fully saturated rings. The number of para-hydroxylation sites is 1. The van der Waals surface area contributed by atoms with Crippen LogP contribution in [0.3, 0.4) is 0 Å². The Kier molecular flexibility index (Phi) is 6.89. The first-order valence-electron chi connectivity index (χ1n) is 8.37. The van der Waals surface area contributed by atoms with Crippen LogP contribution in [0, 0.1) is 0 Å². The van der Waals surface area contributed by atoms with Crippen LogP contribution < -0.4 is 0 Å². The van der Waals surface area contributed by atoms with Gasteiger partial charge >= 0.3 is 0 Å². The average molecular weight is 338 g/mol. The first-order valence-corrected chi connectivity index (χ1v) is 8.74. The summed E-state index contributed by atoms with van der Waals surface area (Å²) in [5.41, 5.74) is 4.98. The van der Waals surface area contributed by atoms with Crippen molar-refractivity contribution in [1.82, 2.24) is 4.98 Å². The molecule has 0 aliphatic carbocycles. The second kappa shape index (κ2) is 9.14. The van der Waals surface area contributed by atoms with Crippen LogP contribution in [-0.4, -0.2) is 4.98 Å². The van der Waals surface area contributed by atoms with Crippen molar-refractivity contribution in [3.05, 3.63) is 88.6 Å². The second-order valence-electron chi connectivity index (χ2n) is 5.46. The first-order chi connectivity index (χ1) is 11.7. The lowest BCUT2D eigenvalue weighted by Gasteiger charge is -2.01. The average Bonchev–Trinajstić information content (AvgIpc) is 3.02. The van der Waals surface area contributed by atoms with Crippen molar-refractivity contribution < 1.29 is 0 Å². The maximum atomic E-state index is 5.91. The van der Waals surface area contributed by atoms with Crippen molar-refractivity contribution in [2.45, 2.75) is 27.2 Å². The summed E-state index contributed by atoms with van der Waals surface area (Å²) in [6.45, 7) is 6.15. The molecule has 1 heterocycles. The molecule has 0 saturated carbocycles.